The Balaban J connectivity index is 1.84. The normalized spacial score (nSPS) is 16.5. The fourth-order valence-electron chi connectivity index (χ4n) is 3.21. The molecule has 1 aliphatic heterocycles. The van der Waals surface area contributed by atoms with Gasteiger partial charge in [0.1, 0.15) is 0 Å². The number of halogens is 1. The smallest absolute Gasteiger partial charge is 0.281 e. The zero-order valence-electron chi connectivity index (χ0n) is 16.0. The van der Waals surface area contributed by atoms with Gasteiger partial charge >= 0.3 is 0 Å². The second-order valence-corrected chi connectivity index (χ2v) is 8.91. The summed E-state index contributed by atoms with van der Waals surface area (Å²) < 4.78 is 47.4. The molecule has 1 fully saturated rings. The second-order valence-electron chi connectivity index (χ2n) is 6.77. The lowest BCUT2D eigenvalue weighted by molar-refractivity contribution is 0.247. The molecule has 1 aliphatic rings. The zero-order valence-corrected chi connectivity index (χ0v) is 16.8. The summed E-state index contributed by atoms with van der Waals surface area (Å²) in [5, 5.41) is 4.40. The summed E-state index contributed by atoms with van der Waals surface area (Å²) in [5.74, 6) is -0.381. The van der Waals surface area contributed by atoms with Gasteiger partial charge in [0.05, 0.1) is 18.8 Å². The van der Waals surface area contributed by atoms with Gasteiger partial charge in [0.25, 0.3) is 15.8 Å². The van der Waals surface area contributed by atoms with Crippen molar-refractivity contribution in [2.45, 2.75) is 18.9 Å². The fraction of sp³-hybridized carbons (Fsp3) is 0.444. The van der Waals surface area contributed by atoms with E-state index in [1.165, 1.54) is 52.7 Å². The molecule has 0 bridgehead atoms. The number of methoxy groups -OCH3 is 1. The monoisotopic (exact) mass is 410 g/mol. The molecule has 28 heavy (non-hydrogen) atoms. The molecular weight excluding hydrogens is 387 g/mol. The van der Waals surface area contributed by atoms with Crippen LogP contribution < -0.4 is 10.3 Å². The van der Waals surface area contributed by atoms with Gasteiger partial charge in [-0.05, 0) is 37.1 Å². The highest BCUT2D eigenvalue weighted by Crippen LogP contribution is 2.26. The molecule has 0 N–H and O–H groups in total. The molecule has 0 unspecified atom stereocenters. The second kappa shape index (κ2) is 7.98. The van der Waals surface area contributed by atoms with Crippen molar-refractivity contribution in [3.05, 3.63) is 46.5 Å². The third-order valence-corrected chi connectivity index (χ3v) is 6.77. The van der Waals surface area contributed by atoms with Crippen LogP contribution in [0.2, 0.25) is 0 Å². The van der Waals surface area contributed by atoms with Gasteiger partial charge in [-0.2, -0.15) is 22.1 Å². The van der Waals surface area contributed by atoms with Gasteiger partial charge in [0.2, 0.25) is 0 Å². The van der Waals surface area contributed by atoms with E-state index < -0.39 is 16.0 Å². The van der Waals surface area contributed by atoms with E-state index in [1.54, 1.807) is 12.1 Å². The first-order valence-electron chi connectivity index (χ1n) is 8.85. The summed E-state index contributed by atoms with van der Waals surface area (Å²) in [4.78, 5) is 12.3. The molecule has 2 heterocycles. The summed E-state index contributed by atoms with van der Waals surface area (Å²) in [7, 11) is 0.897. The van der Waals surface area contributed by atoms with Gasteiger partial charge in [-0.15, -0.1) is 0 Å². The van der Waals surface area contributed by atoms with Gasteiger partial charge in [0, 0.05) is 38.8 Å². The van der Waals surface area contributed by atoms with Crippen molar-refractivity contribution < 1.29 is 17.5 Å². The van der Waals surface area contributed by atoms with Crippen LogP contribution in [0.25, 0.3) is 11.3 Å². The molecule has 0 atom stereocenters. The fourth-order valence-corrected chi connectivity index (χ4v) is 4.35. The lowest BCUT2D eigenvalue weighted by atomic mass is 10.1. The Morgan fingerprint density at radius 3 is 2.43 bits per heavy atom. The van der Waals surface area contributed by atoms with Gasteiger partial charge in [-0.25, -0.2) is 9.07 Å². The minimum atomic E-state index is -3.47. The van der Waals surface area contributed by atoms with Crippen molar-refractivity contribution in [3.63, 3.8) is 0 Å². The molecule has 0 spiro atoms. The maximum atomic E-state index is 14.0. The van der Waals surface area contributed by atoms with E-state index in [9.17, 15) is 17.6 Å². The van der Waals surface area contributed by atoms with Crippen molar-refractivity contribution in [1.82, 2.24) is 18.4 Å². The number of rotatable bonds is 5. The van der Waals surface area contributed by atoms with E-state index in [-0.39, 0.29) is 17.4 Å². The van der Waals surface area contributed by atoms with Crippen LogP contribution in [0.5, 0.6) is 5.75 Å². The van der Waals surface area contributed by atoms with E-state index >= 15 is 0 Å². The molecule has 1 aromatic carbocycles. The molecule has 0 amide bonds. The highest BCUT2D eigenvalue weighted by molar-refractivity contribution is 7.86. The van der Waals surface area contributed by atoms with Crippen LogP contribution in [0.15, 0.2) is 35.1 Å². The molecule has 0 radical (unpaired) electrons. The molecule has 3 rings (SSSR count). The molecule has 2 aromatic rings. The summed E-state index contributed by atoms with van der Waals surface area (Å²) in [6, 6.07) is 7.21. The van der Waals surface area contributed by atoms with Crippen molar-refractivity contribution >= 4 is 10.2 Å². The van der Waals surface area contributed by atoms with E-state index in [1.807, 2.05) is 0 Å². The van der Waals surface area contributed by atoms with E-state index in [2.05, 4.69) is 5.10 Å². The van der Waals surface area contributed by atoms with Gasteiger partial charge in [0.15, 0.2) is 11.6 Å². The number of piperidine rings is 1. The minimum absolute atomic E-state index is 0.131. The SMILES string of the molecule is COc1ccc(-c2ccc(=O)n(C3CCN(S(=O)(=O)N(C)C)CC3)n2)cc1F. The molecule has 0 aliphatic carbocycles. The van der Waals surface area contributed by atoms with Gasteiger partial charge < -0.3 is 4.74 Å². The number of aromatic nitrogens is 2. The summed E-state index contributed by atoms with van der Waals surface area (Å²) in [6.45, 7) is 0.612. The van der Waals surface area contributed by atoms with E-state index in [4.69, 9.17) is 4.74 Å². The van der Waals surface area contributed by atoms with Crippen LogP contribution in [0.4, 0.5) is 4.39 Å². The van der Waals surface area contributed by atoms with Crippen LogP contribution >= 0.6 is 0 Å². The Hall–Kier alpha value is -2.30. The Labute approximate surface area is 163 Å². The maximum Gasteiger partial charge on any atom is 0.281 e. The average molecular weight is 410 g/mol. The first kappa shape index (κ1) is 20.4. The molecule has 1 aromatic heterocycles. The number of ether oxygens (including phenoxy) is 1. The van der Waals surface area contributed by atoms with Gasteiger partial charge in [-0.3, -0.25) is 4.79 Å². The maximum absolute atomic E-state index is 14.0. The van der Waals surface area contributed by atoms with Crippen molar-refractivity contribution in [2.75, 3.05) is 34.3 Å². The van der Waals surface area contributed by atoms with Crippen LogP contribution in [-0.2, 0) is 10.2 Å². The first-order valence-corrected chi connectivity index (χ1v) is 10.2. The third-order valence-electron chi connectivity index (χ3n) is 4.83. The van der Waals surface area contributed by atoms with Crippen LogP contribution in [0.1, 0.15) is 18.9 Å². The Morgan fingerprint density at radius 1 is 1.18 bits per heavy atom. The highest BCUT2D eigenvalue weighted by Gasteiger charge is 2.30. The molecule has 8 nitrogen and oxygen atoms in total. The topological polar surface area (TPSA) is 84.7 Å². The van der Waals surface area contributed by atoms with Crippen molar-refractivity contribution in [3.8, 4) is 17.0 Å². The third kappa shape index (κ3) is 3.94. The summed E-state index contributed by atoms with van der Waals surface area (Å²) >= 11 is 0. The number of nitrogens with zero attached hydrogens (tertiary/aromatic N) is 4. The Bertz CT molecular complexity index is 1010. The lowest BCUT2D eigenvalue weighted by Crippen LogP contribution is -2.45. The predicted octanol–water partition coefficient (Wildman–Crippen LogP) is 1.50. The van der Waals surface area contributed by atoms with E-state index in [0.29, 0.717) is 37.2 Å². The van der Waals surface area contributed by atoms with Crippen molar-refractivity contribution in [2.24, 2.45) is 0 Å². The molecule has 1 saturated heterocycles. The van der Waals surface area contributed by atoms with Crippen LogP contribution in [0, 0.1) is 5.82 Å². The molecule has 152 valence electrons. The largest absolute Gasteiger partial charge is 0.494 e. The zero-order chi connectivity index (χ0) is 20.5. The summed E-state index contributed by atoms with van der Waals surface area (Å²) in [6.07, 6.45) is 0.945. The number of hydrogen-bond acceptors (Lipinski definition) is 5. The molecule has 10 heteroatoms. The first-order chi connectivity index (χ1) is 13.2. The lowest BCUT2D eigenvalue weighted by Gasteiger charge is -2.33. The van der Waals surface area contributed by atoms with Crippen LogP contribution in [0.3, 0.4) is 0 Å². The quantitative estimate of drug-likeness (QED) is 0.746. The van der Waals surface area contributed by atoms with Crippen molar-refractivity contribution in [1.29, 1.82) is 0 Å². The minimum Gasteiger partial charge on any atom is -0.494 e. The predicted molar refractivity (Wildman–Crippen MR) is 103 cm³/mol. The van der Waals surface area contributed by atoms with Crippen LogP contribution in [-0.4, -0.2) is 61.1 Å². The Morgan fingerprint density at radius 2 is 1.86 bits per heavy atom. The van der Waals surface area contributed by atoms with Gasteiger partial charge in [-0.1, -0.05) is 0 Å². The standard InChI is InChI=1S/C18H23FN4O4S/c1-21(2)28(25,26)22-10-8-14(9-11-22)23-18(24)7-5-16(20-23)13-4-6-17(27-3)15(19)12-13/h4-7,12,14H,8-11H2,1-3H3. The Kier molecular flexibility index (Phi) is 5.82. The van der Waals surface area contributed by atoms with E-state index in [0.717, 1.165) is 0 Å². The number of hydrogen-bond donors (Lipinski definition) is 0. The summed E-state index contributed by atoms with van der Waals surface area (Å²) in [5.41, 5.74) is 0.718. The molecular formula is C18H23FN4O4S. The molecule has 0 saturated carbocycles. The highest BCUT2D eigenvalue weighted by atomic mass is 32.2. The number of benzene rings is 1. The average Bonchev–Trinajstić information content (AvgIpc) is 2.68.